The van der Waals surface area contributed by atoms with E-state index in [9.17, 15) is 4.79 Å². The van der Waals surface area contributed by atoms with Gasteiger partial charge in [0.25, 0.3) is 5.91 Å². The summed E-state index contributed by atoms with van der Waals surface area (Å²) in [7, 11) is 0. The fourth-order valence-corrected chi connectivity index (χ4v) is 3.49. The van der Waals surface area contributed by atoms with Crippen LogP contribution < -0.4 is 10.6 Å². The number of hydrogen-bond acceptors (Lipinski definition) is 3. The third kappa shape index (κ3) is 5.32. The number of rotatable bonds is 6. The van der Waals surface area contributed by atoms with Crippen molar-refractivity contribution in [3.63, 3.8) is 0 Å². The summed E-state index contributed by atoms with van der Waals surface area (Å²) in [6, 6.07) is 10.5. The molecule has 2 aromatic rings. The van der Waals surface area contributed by atoms with E-state index in [4.69, 9.17) is 0 Å². The van der Waals surface area contributed by atoms with Crippen molar-refractivity contribution in [1.29, 1.82) is 0 Å². The van der Waals surface area contributed by atoms with E-state index in [0.29, 0.717) is 18.2 Å². The average molecular weight is 377 g/mol. The third-order valence-corrected chi connectivity index (χ3v) is 4.95. The van der Waals surface area contributed by atoms with Gasteiger partial charge in [0.2, 0.25) is 0 Å². The van der Waals surface area contributed by atoms with Crippen LogP contribution in [-0.4, -0.2) is 34.8 Å². The SMILES string of the molecule is Cc1c(C(=O)NCCNC2CCCCCC2)cnn1-c1ccccc1.Cl. The Morgan fingerprint density at radius 2 is 1.81 bits per heavy atom. The molecular weight excluding hydrogens is 348 g/mol. The van der Waals surface area contributed by atoms with Crippen LogP contribution in [0.3, 0.4) is 0 Å². The van der Waals surface area contributed by atoms with Crippen molar-refractivity contribution >= 4 is 18.3 Å². The Labute approximate surface area is 162 Å². The lowest BCUT2D eigenvalue weighted by atomic mass is 10.1. The number of amides is 1. The van der Waals surface area contributed by atoms with Crippen LogP contribution in [0, 0.1) is 6.92 Å². The largest absolute Gasteiger partial charge is 0.351 e. The van der Waals surface area contributed by atoms with Crippen molar-refractivity contribution in [2.45, 2.75) is 51.5 Å². The highest BCUT2D eigenvalue weighted by Gasteiger charge is 2.15. The zero-order valence-electron chi connectivity index (χ0n) is 15.4. The van der Waals surface area contributed by atoms with Crippen molar-refractivity contribution in [2.75, 3.05) is 13.1 Å². The lowest BCUT2D eigenvalue weighted by Gasteiger charge is -2.16. The second kappa shape index (κ2) is 10.3. The molecule has 1 aliphatic carbocycles. The normalized spacial score (nSPS) is 15.1. The maximum atomic E-state index is 12.4. The Hall–Kier alpha value is -1.85. The Balaban J connectivity index is 0.00000243. The smallest absolute Gasteiger partial charge is 0.254 e. The van der Waals surface area contributed by atoms with E-state index in [1.165, 1.54) is 38.5 Å². The molecule has 0 unspecified atom stereocenters. The average Bonchev–Trinajstić information content (AvgIpc) is 2.84. The minimum Gasteiger partial charge on any atom is -0.351 e. The van der Waals surface area contributed by atoms with Crippen LogP contribution in [0.25, 0.3) is 5.69 Å². The van der Waals surface area contributed by atoms with E-state index in [2.05, 4.69) is 15.7 Å². The van der Waals surface area contributed by atoms with Gasteiger partial charge in [-0.1, -0.05) is 43.9 Å². The molecule has 142 valence electrons. The maximum absolute atomic E-state index is 12.4. The van der Waals surface area contributed by atoms with E-state index >= 15 is 0 Å². The van der Waals surface area contributed by atoms with Crippen LogP contribution in [0.2, 0.25) is 0 Å². The van der Waals surface area contributed by atoms with Crippen molar-refractivity contribution in [2.24, 2.45) is 0 Å². The molecule has 5 nitrogen and oxygen atoms in total. The van der Waals surface area contributed by atoms with Gasteiger partial charge in [-0.05, 0) is 31.9 Å². The Morgan fingerprint density at radius 3 is 2.50 bits per heavy atom. The summed E-state index contributed by atoms with van der Waals surface area (Å²) in [6.07, 6.45) is 9.53. The van der Waals surface area contributed by atoms with E-state index in [0.717, 1.165) is 17.9 Å². The summed E-state index contributed by atoms with van der Waals surface area (Å²) >= 11 is 0. The molecule has 0 spiro atoms. The quantitative estimate of drug-likeness (QED) is 0.597. The first-order valence-electron chi connectivity index (χ1n) is 9.37. The topological polar surface area (TPSA) is 59.0 Å². The summed E-state index contributed by atoms with van der Waals surface area (Å²) in [5.74, 6) is -0.0534. The molecule has 1 aromatic heterocycles. The number of halogens is 1. The van der Waals surface area contributed by atoms with Crippen molar-refractivity contribution < 1.29 is 4.79 Å². The lowest BCUT2D eigenvalue weighted by molar-refractivity contribution is 0.0953. The molecule has 26 heavy (non-hydrogen) atoms. The van der Waals surface area contributed by atoms with Gasteiger partial charge in [-0.15, -0.1) is 12.4 Å². The van der Waals surface area contributed by atoms with Gasteiger partial charge in [0.05, 0.1) is 23.1 Å². The number of carbonyl (C=O) groups is 1. The Bertz CT molecular complexity index is 678. The first kappa shape index (κ1) is 20.5. The zero-order valence-corrected chi connectivity index (χ0v) is 16.2. The highest BCUT2D eigenvalue weighted by atomic mass is 35.5. The first-order chi connectivity index (χ1) is 12.3. The number of benzene rings is 1. The molecular formula is C20H29ClN4O. The van der Waals surface area contributed by atoms with Gasteiger partial charge in [-0.2, -0.15) is 5.10 Å². The highest BCUT2D eigenvalue weighted by Crippen LogP contribution is 2.17. The molecule has 1 saturated carbocycles. The molecule has 1 heterocycles. The standard InChI is InChI=1S/C20H28N4O.ClH/c1-16-19(15-23-24(16)18-11-7-4-8-12-18)20(25)22-14-13-21-17-9-5-2-3-6-10-17;/h4,7-8,11-12,15,17,21H,2-3,5-6,9-10,13-14H2,1H3,(H,22,25);1H. The molecule has 0 radical (unpaired) electrons. The van der Waals surface area contributed by atoms with E-state index in [-0.39, 0.29) is 18.3 Å². The summed E-state index contributed by atoms with van der Waals surface area (Å²) in [5, 5.41) is 10.9. The summed E-state index contributed by atoms with van der Waals surface area (Å²) in [5.41, 5.74) is 2.47. The summed E-state index contributed by atoms with van der Waals surface area (Å²) in [6.45, 7) is 3.40. The minimum absolute atomic E-state index is 0. The van der Waals surface area contributed by atoms with Crippen LogP contribution in [-0.2, 0) is 0 Å². The number of hydrogen-bond donors (Lipinski definition) is 2. The minimum atomic E-state index is -0.0534. The summed E-state index contributed by atoms with van der Waals surface area (Å²) in [4.78, 5) is 12.4. The number of carbonyl (C=O) groups excluding carboxylic acids is 1. The van der Waals surface area contributed by atoms with Crippen molar-refractivity contribution in [3.05, 3.63) is 47.8 Å². The van der Waals surface area contributed by atoms with Crippen LogP contribution >= 0.6 is 12.4 Å². The fourth-order valence-electron chi connectivity index (χ4n) is 3.49. The van der Waals surface area contributed by atoms with Gasteiger partial charge in [-0.3, -0.25) is 4.79 Å². The molecule has 0 aliphatic heterocycles. The van der Waals surface area contributed by atoms with Crippen LogP contribution in [0.1, 0.15) is 54.6 Å². The molecule has 0 bridgehead atoms. The summed E-state index contributed by atoms with van der Waals surface area (Å²) < 4.78 is 1.80. The first-order valence-corrected chi connectivity index (χ1v) is 9.37. The van der Waals surface area contributed by atoms with Gasteiger partial charge in [-0.25, -0.2) is 4.68 Å². The van der Waals surface area contributed by atoms with Gasteiger partial charge >= 0.3 is 0 Å². The van der Waals surface area contributed by atoms with E-state index in [1.54, 1.807) is 10.9 Å². The number of nitrogens with zero attached hydrogens (tertiary/aromatic N) is 2. The molecule has 1 fully saturated rings. The number of nitrogens with one attached hydrogen (secondary N) is 2. The van der Waals surface area contributed by atoms with Gasteiger partial charge in [0.15, 0.2) is 0 Å². The molecule has 1 aromatic carbocycles. The molecule has 0 saturated heterocycles. The van der Waals surface area contributed by atoms with Crippen LogP contribution in [0.5, 0.6) is 0 Å². The Kier molecular flexibility index (Phi) is 8.13. The van der Waals surface area contributed by atoms with Crippen LogP contribution in [0.4, 0.5) is 0 Å². The molecule has 6 heteroatoms. The van der Waals surface area contributed by atoms with Gasteiger partial charge in [0.1, 0.15) is 0 Å². The highest BCUT2D eigenvalue weighted by molar-refractivity contribution is 5.95. The molecule has 1 aliphatic rings. The zero-order chi connectivity index (χ0) is 17.5. The molecule has 1 amide bonds. The predicted molar refractivity (Wildman–Crippen MR) is 107 cm³/mol. The van der Waals surface area contributed by atoms with Crippen molar-refractivity contribution in [1.82, 2.24) is 20.4 Å². The molecule has 2 N–H and O–H groups in total. The van der Waals surface area contributed by atoms with Crippen LogP contribution in [0.15, 0.2) is 36.5 Å². The van der Waals surface area contributed by atoms with Crippen molar-refractivity contribution in [3.8, 4) is 5.69 Å². The predicted octanol–water partition coefficient (Wildman–Crippen LogP) is 3.64. The molecule has 3 rings (SSSR count). The number of para-hydroxylation sites is 1. The monoisotopic (exact) mass is 376 g/mol. The van der Waals surface area contributed by atoms with E-state index < -0.39 is 0 Å². The fraction of sp³-hybridized carbons (Fsp3) is 0.500. The maximum Gasteiger partial charge on any atom is 0.254 e. The third-order valence-electron chi connectivity index (χ3n) is 4.95. The van der Waals surface area contributed by atoms with E-state index in [1.807, 2.05) is 37.3 Å². The molecule has 0 atom stereocenters. The van der Waals surface area contributed by atoms with Gasteiger partial charge in [0, 0.05) is 19.1 Å². The second-order valence-electron chi connectivity index (χ2n) is 6.79. The second-order valence-corrected chi connectivity index (χ2v) is 6.79. The lowest BCUT2D eigenvalue weighted by Crippen LogP contribution is -2.37. The van der Waals surface area contributed by atoms with Gasteiger partial charge < -0.3 is 10.6 Å². The number of aromatic nitrogens is 2. The Morgan fingerprint density at radius 1 is 1.12 bits per heavy atom.